The van der Waals surface area contributed by atoms with Crippen LogP contribution in [0, 0.1) is 4.77 Å². The van der Waals surface area contributed by atoms with Crippen LogP contribution in [0.15, 0.2) is 65.9 Å². The van der Waals surface area contributed by atoms with Crippen molar-refractivity contribution in [2.45, 2.75) is 13.3 Å². The molecule has 0 radical (unpaired) electrons. The molecule has 146 valence electrons. The average molecular weight is 404 g/mol. The number of nitrogens with one attached hydrogen (secondary N) is 1. The number of benzene rings is 2. The van der Waals surface area contributed by atoms with Gasteiger partial charge in [-0.25, -0.2) is 4.68 Å². The van der Waals surface area contributed by atoms with Crippen molar-refractivity contribution in [3.8, 4) is 22.7 Å². The van der Waals surface area contributed by atoms with Crippen LogP contribution in [-0.4, -0.2) is 38.0 Å². The Morgan fingerprint density at radius 2 is 1.90 bits per heavy atom. The fourth-order valence-corrected chi connectivity index (χ4v) is 3.23. The monoisotopic (exact) mass is 404 g/mol. The third kappa shape index (κ3) is 3.74. The first-order valence-electron chi connectivity index (χ1n) is 9.20. The summed E-state index contributed by atoms with van der Waals surface area (Å²) in [4.78, 5) is 0. The number of aromatic amines is 1. The molecule has 2 heterocycles. The summed E-state index contributed by atoms with van der Waals surface area (Å²) in [7, 11) is 1.65. The molecule has 4 rings (SSSR count). The summed E-state index contributed by atoms with van der Waals surface area (Å²) in [6.07, 6.45) is 4.40. The van der Waals surface area contributed by atoms with E-state index in [0.29, 0.717) is 11.2 Å². The molecule has 2 aromatic heterocycles. The highest BCUT2D eigenvalue weighted by atomic mass is 32.1. The molecule has 2 aromatic carbocycles. The molecule has 0 unspecified atom stereocenters. The van der Waals surface area contributed by atoms with E-state index in [1.54, 1.807) is 18.0 Å². The van der Waals surface area contributed by atoms with Crippen molar-refractivity contribution in [3.63, 3.8) is 0 Å². The highest BCUT2D eigenvalue weighted by molar-refractivity contribution is 7.71. The van der Waals surface area contributed by atoms with E-state index in [2.05, 4.69) is 15.3 Å². The van der Waals surface area contributed by atoms with E-state index in [0.717, 1.165) is 34.1 Å². The predicted molar refractivity (Wildman–Crippen MR) is 115 cm³/mol. The summed E-state index contributed by atoms with van der Waals surface area (Å²) in [6, 6.07) is 17.7. The molecule has 7 nitrogen and oxygen atoms in total. The lowest BCUT2D eigenvalue weighted by Crippen LogP contribution is -1.98. The van der Waals surface area contributed by atoms with Crippen molar-refractivity contribution in [3.05, 3.63) is 77.0 Å². The summed E-state index contributed by atoms with van der Waals surface area (Å²) < 4.78 is 9.45. The van der Waals surface area contributed by atoms with Gasteiger partial charge in [0.2, 0.25) is 4.77 Å². The Hall–Kier alpha value is -3.52. The Morgan fingerprint density at radius 1 is 1.14 bits per heavy atom. The fraction of sp³-hybridized carbons (Fsp3) is 0.143. The van der Waals surface area contributed by atoms with Gasteiger partial charge in [0.1, 0.15) is 11.4 Å². The minimum Gasteiger partial charge on any atom is -0.496 e. The summed E-state index contributed by atoms with van der Waals surface area (Å²) in [6.45, 7) is 2.00. The summed E-state index contributed by atoms with van der Waals surface area (Å²) in [5.41, 5.74) is 3.45. The second-order valence-electron chi connectivity index (χ2n) is 6.27. The van der Waals surface area contributed by atoms with Crippen molar-refractivity contribution in [2.75, 3.05) is 7.11 Å². The van der Waals surface area contributed by atoms with Crippen LogP contribution < -0.4 is 4.74 Å². The van der Waals surface area contributed by atoms with Gasteiger partial charge in [-0.1, -0.05) is 37.3 Å². The van der Waals surface area contributed by atoms with Crippen LogP contribution in [0.3, 0.4) is 0 Å². The molecule has 0 fully saturated rings. The van der Waals surface area contributed by atoms with Gasteiger partial charge in [-0.3, -0.25) is 5.10 Å². The number of methoxy groups -OCH3 is 1. The van der Waals surface area contributed by atoms with Crippen LogP contribution in [0.2, 0.25) is 0 Å². The number of hydrogen-bond donors (Lipinski definition) is 1. The second kappa shape index (κ2) is 8.24. The quantitative estimate of drug-likeness (QED) is 0.385. The van der Waals surface area contributed by atoms with Crippen LogP contribution in [0.1, 0.15) is 18.3 Å². The zero-order chi connectivity index (χ0) is 20.2. The van der Waals surface area contributed by atoms with Gasteiger partial charge in [-0.05, 0) is 36.5 Å². The molecule has 4 aromatic rings. The first kappa shape index (κ1) is 18.8. The van der Waals surface area contributed by atoms with Crippen molar-refractivity contribution in [1.29, 1.82) is 0 Å². The van der Waals surface area contributed by atoms with E-state index in [4.69, 9.17) is 22.1 Å². The molecule has 29 heavy (non-hydrogen) atoms. The minimum absolute atomic E-state index is 0.451. The normalized spacial score (nSPS) is 11.2. The van der Waals surface area contributed by atoms with Gasteiger partial charge in [0.25, 0.3) is 0 Å². The maximum atomic E-state index is 5.55. The smallest absolute Gasteiger partial charge is 0.216 e. The first-order chi connectivity index (χ1) is 14.2. The van der Waals surface area contributed by atoms with E-state index >= 15 is 0 Å². The number of aryl methyl sites for hydroxylation is 1. The predicted octanol–water partition coefficient (Wildman–Crippen LogP) is 4.25. The lowest BCUT2D eigenvalue weighted by molar-refractivity contribution is 0.416. The summed E-state index contributed by atoms with van der Waals surface area (Å²) in [5.74, 6) is 1.51. The molecule has 0 amide bonds. The number of aromatic nitrogens is 5. The molecular formula is C21H20N6OS. The Kier molecular flexibility index (Phi) is 5.35. The molecule has 0 saturated carbocycles. The highest BCUT2D eigenvalue weighted by Gasteiger charge is 2.15. The van der Waals surface area contributed by atoms with E-state index in [1.165, 1.54) is 0 Å². The van der Waals surface area contributed by atoms with Crippen LogP contribution in [0.25, 0.3) is 16.9 Å². The summed E-state index contributed by atoms with van der Waals surface area (Å²) in [5, 5.41) is 16.3. The van der Waals surface area contributed by atoms with Crippen LogP contribution in [0.4, 0.5) is 0 Å². The van der Waals surface area contributed by atoms with Gasteiger partial charge in [0.05, 0.1) is 19.0 Å². The third-order valence-corrected chi connectivity index (χ3v) is 4.74. The van der Waals surface area contributed by atoms with Gasteiger partial charge in [-0.15, -0.1) is 0 Å². The first-order valence-corrected chi connectivity index (χ1v) is 9.61. The van der Waals surface area contributed by atoms with Crippen LogP contribution in [-0.2, 0) is 6.42 Å². The molecule has 0 aliphatic heterocycles. The zero-order valence-electron chi connectivity index (χ0n) is 16.1. The zero-order valence-corrected chi connectivity index (χ0v) is 16.9. The van der Waals surface area contributed by atoms with Gasteiger partial charge in [0, 0.05) is 23.7 Å². The number of para-hydroxylation sites is 2. The molecule has 1 N–H and O–H groups in total. The lowest BCUT2D eigenvalue weighted by atomic mass is 10.1. The highest BCUT2D eigenvalue weighted by Crippen LogP contribution is 2.31. The lowest BCUT2D eigenvalue weighted by Gasteiger charge is -2.06. The molecule has 8 heteroatoms. The topological polar surface area (TPSA) is 73.0 Å². The van der Waals surface area contributed by atoms with Crippen molar-refractivity contribution >= 4 is 18.4 Å². The maximum absolute atomic E-state index is 5.55. The molecule has 0 spiro atoms. The van der Waals surface area contributed by atoms with Crippen molar-refractivity contribution in [2.24, 2.45) is 5.10 Å². The van der Waals surface area contributed by atoms with E-state index in [1.807, 2.05) is 72.4 Å². The third-order valence-electron chi connectivity index (χ3n) is 4.47. The number of hydrogen-bond acceptors (Lipinski definition) is 5. The Bertz CT molecular complexity index is 1210. The van der Waals surface area contributed by atoms with Crippen molar-refractivity contribution < 1.29 is 4.74 Å². The molecular weight excluding hydrogens is 384 g/mol. The second-order valence-corrected chi connectivity index (χ2v) is 6.66. The Morgan fingerprint density at radius 3 is 2.66 bits per heavy atom. The van der Waals surface area contributed by atoms with Crippen LogP contribution in [0.5, 0.6) is 5.75 Å². The average Bonchev–Trinajstić information content (AvgIpc) is 3.36. The maximum Gasteiger partial charge on any atom is 0.216 e. The van der Waals surface area contributed by atoms with Gasteiger partial charge in [0.15, 0.2) is 5.82 Å². The van der Waals surface area contributed by atoms with Crippen molar-refractivity contribution in [1.82, 2.24) is 24.7 Å². The summed E-state index contributed by atoms with van der Waals surface area (Å²) >= 11 is 5.29. The SMILES string of the molecule is CCc1n[nH]c(=S)n1/N=C\c1cn(-c2ccccc2)nc1-c1ccccc1OC. The standard InChI is InChI=1S/C21H20N6OS/c1-3-19-23-24-21(29)27(19)22-13-15-14-26(16-9-5-4-6-10-16)25-20(15)17-11-7-8-12-18(17)28-2/h4-14H,3H2,1-2H3,(H,24,29)/b22-13-. The number of ether oxygens (including phenoxy) is 1. The molecule has 0 bridgehead atoms. The molecule has 0 atom stereocenters. The van der Waals surface area contributed by atoms with Gasteiger partial charge >= 0.3 is 0 Å². The number of H-pyrrole nitrogens is 1. The molecule has 0 aliphatic carbocycles. The van der Waals surface area contributed by atoms with Gasteiger partial charge < -0.3 is 4.74 Å². The number of rotatable bonds is 6. The van der Waals surface area contributed by atoms with E-state index in [-0.39, 0.29) is 0 Å². The largest absolute Gasteiger partial charge is 0.496 e. The molecule has 0 saturated heterocycles. The van der Waals surface area contributed by atoms with E-state index in [9.17, 15) is 0 Å². The Labute approximate surface area is 173 Å². The minimum atomic E-state index is 0.451. The van der Waals surface area contributed by atoms with E-state index < -0.39 is 0 Å². The van der Waals surface area contributed by atoms with Crippen LogP contribution >= 0.6 is 12.2 Å². The fourth-order valence-electron chi connectivity index (χ4n) is 3.04. The van der Waals surface area contributed by atoms with Gasteiger partial charge in [-0.2, -0.15) is 20.0 Å². The Balaban J connectivity index is 1.85. The number of nitrogens with zero attached hydrogens (tertiary/aromatic N) is 5. The molecule has 0 aliphatic rings.